The van der Waals surface area contributed by atoms with Gasteiger partial charge < -0.3 is 15.3 Å². The Hall–Kier alpha value is -1.06. The number of para-hydroxylation sites is 1. The number of hydrogen-bond donors (Lipinski definition) is 2. The van der Waals surface area contributed by atoms with E-state index in [1.165, 1.54) is 16.8 Å². The van der Waals surface area contributed by atoms with Crippen molar-refractivity contribution < 1.29 is 5.11 Å². The van der Waals surface area contributed by atoms with E-state index in [4.69, 9.17) is 0 Å². The highest BCUT2D eigenvalue weighted by Crippen LogP contribution is 2.31. The normalized spacial score (nSPS) is 18.6. The summed E-state index contributed by atoms with van der Waals surface area (Å²) in [6, 6.07) is 6.57. The molecule has 2 N–H and O–H groups in total. The summed E-state index contributed by atoms with van der Waals surface area (Å²) < 4.78 is 0. The van der Waals surface area contributed by atoms with Gasteiger partial charge in [0, 0.05) is 24.3 Å². The maximum absolute atomic E-state index is 9.57. The molecular formula is C16H26N2O. The van der Waals surface area contributed by atoms with Crippen LogP contribution in [0, 0.1) is 6.92 Å². The van der Waals surface area contributed by atoms with Crippen molar-refractivity contribution in [3.63, 3.8) is 0 Å². The average molecular weight is 262 g/mol. The summed E-state index contributed by atoms with van der Waals surface area (Å²) in [5.74, 6) is 0. The Labute approximate surface area is 116 Å². The van der Waals surface area contributed by atoms with Crippen LogP contribution in [-0.4, -0.2) is 37.4 Å². The number of likely N-dealkylation sites (N-methyl/N-ethyl adjacent to an activating group) is 1. The van der Waals surface area contributed by atoms with Gasteiger partial charge >= 0.3 is 0 Å². The van der Waals surface area contributed by atoms with E-state index < -0.39 is 0 Å². The lowest BCUT2D eigenvalue weighted by molar-refractivity contribution is 0.142. The molecule has 0 bridgehead atoms. The first-order chi connectivity index (χ1) is 9.15. The molecule has 0 aromatic heterocycles. The number of hydrogen-bond acceptors (Lipinski definition) is 3. The second kappa shape index (κ2) is 5.93. The van der Waals surface area contributed by atoms with Crippen molar-refractivity contribution in [3.8, 4) is 0 Å². The van der Waals surface area contributed by atoms with E-state index >= 15 is 0 Å². The van der Waals surface area contributed by atoms with E-state index in [9.17, 15) is 5.11 Å². The van der Waals surface area contributed by atoms with Crippen LogP contribution in [0.25, 0.3) is 0 Å². The van der Waals surface area contributed by atoms with Gasteiger partial charge in [0.25, 0.3) is 0 Å². The van der Waals surface area contributed by atoms with Crippen molar-refractivity contribution in [1.82, 2.24) is 5.32 Å². The van der Waals surface area contributed by atoms with Crippen LogP contribution < -0.4 is 10.2 Å². The molecule has 0 aliphatic carbocycles. The number of aryl methyl sites for hydroxylation is 2. The lowest BCUT2D eigenvalue weighted by Gasteiger charge is -2.42. The summed E-state index contributed by atoms with van der Waals surface area (Å²) in [6.45, 7) is 6.67. The number of piperidine rings is 1. The largest absolute Gasteiger partial charge is 0.394 e. The van der Waals surface area contributed by atoms with Crippen LogP contribution in [0.1, 0.15) is 30.9 Å². The molecule has 0 unspecified atom stereocenters. The summed E-state index contributed by atoms with van der Waals surface area (Å²) in [6.07, 6.45) is 3.07. The molecule has 0 radical (unpaired) electrons. The number of rotatable bonds is 4. The Morgan fingerprint density at radius 1 is 1.32 bits per heavy atom. The lowest BCUT2D eigenvalue weighted by Crippen LogP contribution is -2.54. The van der Waals surface area contributed by atoms with Crippen molar-refractivity contribution in [2.45, 2.75) is 38.6 Å². The number of anilines is 1. The second-order valence-corrected chi connectivity index (χ2v) is 5.61. The lowest BCUT2D eigenvalue weighted by atomic mass is 9.87. The van der Waals surface area contributed by atoms with Crippen LogP contribution >= 0.6 is 0 Å². The second-order valence-electron chi connectivity index (χ2n) is 5.61. The first-order valence-electron chi connectivity index (χ1n) is 7.29. The van der Waals surface area contributed by atoms with E-state index in [-0.39, 0.29) is 12.1 Å². The highest BCUT2D eigenvalue weighted by Gasteiger charge is 2.33. The van der Waals surface area contributed by atoms with Gasteiger partial charge in [-0.25, -0.2) is 0 Å². The molecule has 1 heterocycles. The van der Waals surface area contributed by atoms with Gasteiger partial charge in [0.15, 0.2) is 0 Å². The molecule has 19 heavy (non-hydrogen) atoms. The molecule has 3 heteroatoms. The molecular weight excluding hydrogens is 236 g/mol. The number of aliphatic hydroxyl groups excluding tert-OH is 1. The maximum atomic E-state index is 9.57. The summed E-state index contributed by atoms with van der Waals surface area (Å²) in [5, 5.41) is 12.9. The third-order valence-electron chi connectivity index (χ3n) is 4.57. The van der Waals surface area contributed by atoms with Crippen LogP contribution in [0.15, 0.2) is 18.2 Å². The third kappa shape index (κ3) is 2.77. The molecule has 106 valence electrons. The van der Waals surface area contributed by atoms with Gasteiger partial charge in [-0.1, -0.05) is 25.1 Å². The molecule has 1 aromatic carbocycles. The number of nitrogens with one attached hydrogen (secondary N) is 1. The predicted octanol–water partition coefficient (Wildman–Crippen LogP) is 2.11. The van der Waals surface area contributed by atoms with Gasteiger partial charge in [-0.05, 0) is 44.4 Å². The maximum Gasteiger partial charge on any atom is 0.0614 e. The quantitative estimate of drug-likeness (QED) is 0.872. The molecule has 1 aromatic rings. The Kier molecular flexibility index (Phi) is 4.48. The first kappa shape index (κ1) is 14.4. The summed E-state index contributed by atoms with van der Waals surface area (Å²) in [5.41, 5.74) is 4.12. The minimum atomic E-state index is -0.0778. The molecule has 2 rings (SSSR count). The van der Waals surface area contributed by atoms with Gasteiger partial charge in [-0.2, -0.15) is 0 Å². The topological polar surface area (TPSA) is 35.5 Å². The van der Waals surface area contributed by atoms with E-state index in [1.54, 1.807) is 0 Å². The molecule has 0 saturated carbocycles. The zero-order valence-corrected chi connectivity index (χ0v) is 12.4. The van der Waals surface area contributed by atoms with Crippen LogP contribution in [0.4, 0.5) is 5.69 Å². The Morgan fingerprint density at radius 2 is 2.00 bits per heavy atom. The first-order valence-corrected chi connectivity index (χ1v) is 7.29. The molecule has 3 nitrogen and oxygen atoms in total. The zero-order valence-electron chi connectivity index (χ0n) is 12.4. The van der Waals surface area contributed by atoms with Crippen molar-refractivity contribution >= 4 is 5.69 Å². The molecule has 1 saturated heterocycles. The Balaban J connectivity index is 2.18. The van der Waals surface area contributed by atoms with Gasteiger partial charge in [-0.3, -0.25) is 0 Å². The van der Waals surface area contributed by atoms with Crippen LogP contribution in [0.3, 0.4) is 0 Å². The predicted molar refractivity (Wildman–Crippen MR) is 80.9 cm³/mol. The smallest absolute Gasteiger partial charge is 0.0614 e. The zero-order chi connectivity index (χ0) is 13.9. The van der Waals surface area contributed by atoms with Gasteiger partial charge in [-0.15, -0.1) is 0 Å². The summed E-state index contributed by atoms with van der Waals surface area (Å²) in [4.78, 5) is 2.49. The van der Waals surface area contributed by atoms with Gasteiger partial charge in [0.2, 0.25) is 0 Å². The third-order valence-corrected chi connectivity index (χ3v) is 4.57. The molecule has 0 atom stereocenters. The standard InChI is InChI=1S/C16H26N2O/c1-4-14-7-5-6-13(2)15(14)18-10-8-16(12-19,17-3)9-11-18/h5-7,17,19H,4,8-12H2,1-3H3. The van der Waals surface area contributed by atoms with Crippen molar-refractivity contribution in [3.05, 3.63) is 29.3 Å². The summed E-state index contributed by atoms with van der Waals surface area (Å²) in [7, 11) is 1.96. The van der Waals surface area contributed by atoms with Crippen molar-refractivity contribution in [2.75, 3.05) is 31.6 Å². The highest BCUT2D eigenvalue weighted by molar-refractivity contribution is 5.59. The van der Waals surface area contributed by atoms with E-state index in [0.29, 0.717) is 0 Å². The van der Waals surface area contributed by atoms with Gasteiger partial charge in [0.1, 0.15) is 0 Å². The van der Waals surface area contributed by atoms with Crippen LogP contribution in [-0.2, 0) is 6.42 Å². The fraction of sp³-hybridized carbons (Fsp3) is 0.625. The number of benzene rings is 1. The summed E-state index contributed by atoms with van der Waals surface area (Å²) >= 11 is 0. The molecule has 0 amide bonds. The van der Waals surface area contributed by atoms with Crippen LogP contribution in [0.5, 0.6) is 0 Å². The number of nitrogens with zero attached hydrogens (tertiary/aromatic N) is 1. The van der Waals surface area contributed by atoms with Crippen molar-refractivity contribution in [1.29, 1.82) is 0 Å². The molecule has 1 aliphatic rings. The SMILES string of the molecule is CCc1cccc(C)c1N1CCC(CO)(NC)CC1. The molecule has 0 spiro atoms. The average Bonchev–Trinajstić information content (AvgIpc) is 2.47. The monoisotopic (exact) mass is 262 g/mol. The Bertz CT molecular complexity index is 417. The van der Waals surface area contributed by atoms with E-state index in [1.807, 2.05) is 7.05 Å². The minimum absolute atomic E-state index is 0.0778. The molecule has 1 aliphatic heterocycles. The van der Waals surface area contributed by atoms with Crippen LogP contribution in [0.2, 0.25) is 0 Å². The fourth-order valence-electron chi connectivity index (χ4n) is 3.10. The minimum Gasteiger partial charge on any atom is -0.394 e. The van der Waals surface area contributed by atoms with E-state index in [2.05, 4.69) is 42.3 Å². The Morgan fingerprint density at radius 3 is 2.53 bits per heavy atom. The van der Waals surface area contributed by atoms with Crippen molar-refractivity contribution in [2.24, 2.45) is 0 Å². The fourth-order valence-corrected chi connectivity index (χ4v) is 3.10. The number of aliphatic hydroxyl groups is 1. The highest BCUT2D eigenvalue weighted by atomic mass is 16.3. The van der Waals surface area contributed by atoms with E-state index in [0.717, 1.165) is 32.4 Å². The molecule has 1 fully saturated rings. The van der Waals surface area contributed by atoms with Gasteiger partial charge in [0.05, 0.1) is 6.61 Å².